The first-order chi connectivity index (χ1) is 14.0. The first kappa shape index (κ1) is 21.1. The molecule has 0 aliphatic carbocycles. The van der Waals surface area contributed by atoms with Gasteiger partial charge in [-0.15, -0.1) is 0 Å². The van der Waals surface area contributed by atoms with E-state index in [2.05, 4.69) is 12.2 Å². The van der Waals surface area contributed by atoms with Crippen LogP contribution in [0.3, 0.4) is 0 Å². The zero-order valence-electron chi connectivity index (χ0n) is 17.1. The number of benzene rings is 2. The molecule has 1 amide bonds. The highest BCUT2D eigenvalue weighted by atomic mass is 35.5. The Morgan fingerprint density at radius 1 is 1.07 bits per heavy atom. The van der Waals surface area contributed by atoms with Gasteiger partial charge in [0.05, 0.1) is 5.39 Å². The number of fused-ring (bicyclic) bond motifs is 1. The molecular formula is C24H26ClNO3. The average molecular weight is 412 g/mol. The summed E-state index contributed by atoms with van der Waals surface area (Å²) in [4.78, 5) is 26.5. The Balaban J connectivity index is 2.13. The molecule has 4 nitrogen and oxygen atoms in total. The van der Waals surface area contributed by atoms with Gasteiger partial charge in [-0.25, -0.2) is 0 Å². The normalized spacial score (nSPS) is 11.0. The van der Waals surface area contributed by atoms with E-state index in [0.29, 0.717) is 28.2 Å². The van der Waals surface area contributed by atoms with E-state index in [1.54, 1.807) is 18.2 Å². The van der Waals surface area contributed by atoms with E-state index in [0.717, 1.165) is 42.5 Å². The number of hydrogen-bond donors (Lipinski definition) is 1. The van der Waals surface area contributed by atoms with Crippen molar-refractivity contribution >= 4 is 34.2 Å². The molecule has 2 aromatic carbocycles. The molecule has 29 heavy (non-hydrogen) atoms. The van der Waals surface area contributed by atoms with Crippen molar-refractivity contribution in [2.45, 2.75) is 52.9 Å². The highest BCUT2D eigenvalue weighted by molar-refractivity contribution is 6.31. The lowest BCUT2D eigenvalue weighted by atomic mass is 10.0. The smallest absolute Gasteiger partial charge is 0.263 e. The van der Waals surface area contributed by atoms with Gasteiger partial charge in [0.2, 0.25) is 5.43 Å². The Kier molecular flexibility index (Phi) is 6.75. The maximum absolute atomic E-state index is 13.3. The molecule has 0 spiro atoms. The number of hydrogen-bond acceptors (Lipinski definition) is 3. The van der Waals surface area contributed by atoms with Gasteiger partial charge in [0.1, 0.15) is 16.9 Å². The predicted molar refractivity (Wildman–Crippen MR) is 119 cm³/mol. The van der Waals surface area contributed by atoms with Gasteiger partial charge in [-0.3, -0.25) is 9.59 Å². The predicted octanol–water partition coefficient (Wildman–Crippen LogP) is 6.17. The van der Waals surface area contributed by atoms with Gasteiger partial charge in [-0.2, -0.15) is 0 Å². The molecule has 0 unspecified atom stereocenters. The van der Waals surface area contributed by atoms with Crippen LogP contribution < -0.4 is 10.7 Å². The lowest BCUT2D eigenvalue weighted by Crippen LogP contribution is -2.25. The van der Waals surface area contributed by atoms with Crippen molar-refractivity contribution in [3.63, 3.8) is 0 Å². The third-order valence-electron chi connectivity index (χ3n) is 5.15. The molecule has 0 saturated heterocycles. The minimum Gasteiger partial charge on any atom is -0.460 e. The van der Waals surface area contributed by atoms with Gasteiger partial charge in [0.25, 0.3) is 5.91 Å². The topological polar surface area (TPSA) is 59.3 Å². The fourth-order valence-corrected chi connectivity index (χ4v) is 3.70. The van der Waals surface area contributed by atoms with E-state index in [1.165, 1.54) is 0 Å². The Morgan fingerprint density at radius 3 is 2.38 bits per heavy atom. The van der Waals surface area contributed by atoms with E-state index >= 15 is 0 Å². The Labute approximate surface area is 175 Å². The van der Waals surface area contributed by atoms with Crippen LogP contribution in [0.25, 0.3) is 11.0 Å². The molecule has 152 valence electrons. The van der Waals surface area contributed by atoms with Crippen LogP contribution in [0.15, 0.2) is 45.6 Å². The number of unbranched alkanes of at least 4 members (excludes halogenated alkanes) is 1. The lowest BCUT2D eigenvalue weighted by molar-refractivity contribution is 0.102. The Bertz CT molecular complexity index is 1080. The minimum absolute atomic E-state index is 0.0845. The highest BCUT2D eigenvalue weighted by Crippen LogP contribution is 2.25. The standard InChI is InChI=1S/C24H26ClNO3/c1-4-7-11-19-21(23(27)18-13-12-17(25)14-20(18)29-19)24(28)26-22-15(5-2)9-8-10-16(22)6-3/h8-10,12-14H,4-7,11H2,1-3H3,(H,26,28). The summed E-state index contributed by atoms with van der Waals surface area (Å²) in [5, 5.41) is 3.86. The van der Waals surface area contributed by atoms with Crippen LogP contribution in [0.4, 0.5) is 5.69 Å². The van der Waals surface area contributed by atoms with E-state index in [4.69, 9.17) is 16.0 Å². The van der Waals surface area contributed by atoms with E-state index in [1.807, 2.05) is 32.0 Å². The number of nitrogens with one attached hydrogen (secondary N) is 1. The van der Waals surface area contributed by atoms with E-state index in [-0.39, 0.29) is 11.0 Å². The third kappa shape index (κ3) is 4.38. The van der Waals surface area contributed by atoms with Gasteiger partial charge in [-0.1, -0.05) is 57.0 Å². The van der Waals surface area contributed by atoms with E-state index in [9.17, 15) is 9.59 Å². The van der Waals surface area contributed by atoms with Crippen LogP contribution in [-0.4, -0.2) is 5.91 Å². The van der Waals surface area contributed by atoms with Crippen LogP contribution in [0.5, 0.6) is 0 Å². The van der Waals surface area contributed by atoms with Crippen molar-refractivity contribution in [1.29, 1.82) is 0 Å². The third-order valence-corrected chi connectivity index (χ3v) is 5.38. The summed E-state index contributed by atoms with van der Waals surface area (Å²) < 4.78 is 5.98. The van der Waals surface area contributed by atoms with Gasteiger partial charge in [0.15, 0.2) is 0 Å². The van der Waals surface area contributed by atoms with Gasteiger partial charge >= 0.3 is 0 Å². The summed E-state index contributed by atoms with van der Waals surface area (Å²) in [5.41, 5.74) is 3.06. The number of carbonyl (C=O) groups excluding carboxylic acids is 1. The van der Waals surface area contributed by atoms with Crippen LogP contribution in [0, 0.1) is 0 Å². The molecule has 0 radical (unpaired) electrons. The van der Waals surface area contributed by atoms with Crippen LogP contribution in [0.2, 0.25) is 5.02 Å². The van der Waals surface area contributed by atoms with Crippen LogP contribution in [0.1, 0.15) is 60.9 Å². The molecular weight excluding hydrogens is 386 g/mol. The van der Waals surface area contributed by atoms with E-state index < -0.39 is 5.91 Å². The van der Waals surface area contributed by atoms with Crippen molar-refractivity contribution in [1.82, 2.24) is 0 Å². The molecule has 0 aliphatic heterocycles. The second-order valence-corrected chi connectivity index (χ2v) is 7.52. The Morgan fingerprint density at radius 2 is 1.76 bits per heavy atom. The molecule has 3 aromatic rings. The lowest BCUT2D eigenvalue weighted by Gasteiger charge is -2.15. The summed E-state index contributed by atoms with van der Waals surface area (Å²) >= 11 is 6.06. The maximum Gasteiger partial charge on any atom is 0.263 e. The summed E-state index contributed by atoms with van der Waals surface area (Å²) in [6, 6.07) is 10.9. The molecule has 1 heterocycles. The van der Waals surface area contributed by atoms with Crippen molar-refractivity contribution in [3.05, 3.63) is 74.1 Å². The van der Waals surface area contributed by atoms with Crippen molar-refractivity contribution < 1.29 is 9.21 Å². The van der Waals surface area contributed by atoms with Crippen molar-refractivity contribution in [2.75, 3.05) is 5.32 Å². The monoisotopic (exact) mass is 411 g/mol. The molecule has 0 fully saturated rings. The molecule has 1 aromatic heterocycles. The summed E-state index contributed by atoms with van der Waals surface area (Å²) in [5.74, 6) is -0.00607. The fraction of sp³-hybridized carbons (Fsp3) is 0.333. The number of aryl methyl sites for hydroxylation is 3. The second kappa shape index (κ2) is 9.27. The van der Waals surface area contributed by atoms with Gasteiger partial charge < -0.3 is 9.73 Å². The molecule has 0 saturated carbocycles. The molecule has 3 rings (SSSR count). The fourth-order valence-electron chi connectivity index (χ4n) is 3.54. The molecule has 0 aliphatic rings. The summed E-state index contributed by atoms with van der Waals surface area (Å²) in [6.07, 6.45) is 3.85. The zero-order valence-corrected chi connectivity index (χ0v) is 17.9. The minimum atomic E-state index is -0.419. The Hall–Kier alpha value is -2.59. The number of rotatable bonds is 7. The summed E-state index contributed by atoms with van der Waals surface area (Å²) in [7, 11) is 0. The quantitative estimate of drug-likeness (QED) is 0.506. The molecule has 0 bridgehead atoms. The first-order valence-electron chi connectivity index (χ1n) is 10.2. The second-order valence-electron chi connectivity index (χ2n) is 7.09. The number of anilines is 1. The van der Waals surface area contributed by atoms with Crippen LogP contribution in [-0.2, 0) is 19.3 Å². The number of halogens is 1. The average Bonchev–Trinajstić information content (AvgIpc) is 2.71. The van der Waals surface area contributed by atoms with Crippen molar-refractivity contribution in [2.24, 2.45) is 0 Å². The van der Waals surface area contributed by atoms with Crippen LogP contribution >= 0.6 is 11.6 Å². The molecule has 1 N–H and O–H groups in total. The number of amides is 1. The first-order valence-corrected chi connectivity index (χ1v) is 10.5. The number of carbonyl (C=O) groups is 1. The van der Waals surface area contributed by atoms with Gasteiger partial charge in [-0.05, 0) is 42.5 Å². The molecule has 5 heteroatoms. The number of para-hydroxylation sites is 1. The maximum atomic E-state index is 13.3. The molecule has 0 atom stereocenters. The van der Waals surface area contributed by atoms with Crippen molar-refractivity contribution in [3.8, 4) is 0 Å². The largest absolute Gasteiger partial charge is 0.460 e. The highest BCUT2D eigenvalue weighted by Gasteiger charge is 2.22. The van der Waals surface area contributed by atoms with Gasteiger partial charge in [0, 0.05) is 23.2 Å². The zero-order chi connectivity index (χ0) is 21.0. The summed E-state index contributed by atoms with van der Waals surface area (Å²) in [6.45, 7) is 6.15. The SMILES string of the molecule is CCCCc1oc2cc(Cl)ccc2c(=O)c1C(=O)Nc1c(CC)cccc1CC.